The number of hydrogen-bond donors (Lipinski definition) is 1. The van der Waals surface area contributed by atoms with Gasteiger partial charge in [-0.25, -0.2) is 4.98 Å². The fourth-order valence-corrected chi connectivity index (χ4v) is 2.87. The summed E-state index contributed by atoms with van der Waals surface area (Å²) in [7, 11) is 0. The maximum atomic E-state index is 12.6. The summed E-state index contributed by atoms with van der Waals surface area (Å²) in [5.74, 6) is -0.455. The zero-order chi connectivity index (χ0) is 17.7. The number of amides is 1. The molecule has 0 saturated heterocycles. The smallest absolute Gasteiger partial charge is 0.311 e. The summed E-state index contributed by atoms with van der Waals surface area (Å²) in [5.41, 5.74) is 2.01. The van der Waals surface area contributed by atoms with Gasteiger partial charge in [0, 0.05) is 5.38 Å². The normalized spacial score (nSPS) is 11.2. The lowest BCUT2D eigenvalue weighted by Gasteiger charge is -2.23. The van der Waals surface area contributed by atoms with Gasteiger partial charge in [0.25, 0.3) is 0 Å². The number of aromatic nitrogens is 1. The van der Waals surface area contributed by atoms with Crippen LogP contribution in [0.1, 0.15) is 37.6 Å². The number of benzene rings is 1. The van der Waals surface area contributed by atoms with E-state index >= 15 is 0 Å². The van der Waals surface area contributed by atoms with Crippen LogP contribution >= 0.6 is 11.3 Å². The molecule has 0 radical (unpaired) electrons. The van der Waals surface area contributed by atoms with Gasteiger partial charge in [0.05, 0.1) is 24.1 Å². The SMILES string of the molecule is CCOC(=O)Cc1csc(NC(=O)C(C)(C)c2ccc(C)cc2)n1. The highest BCUT2D eigenvalue weighted by molar-refractivity contribution is 7.13. The van der Waals surface area contributed by atoms with E-state index in [1.165, 1.54) is 11.3 Å². The zero-order valence-corrected chi connectivity index (χ0v) is 15.2. The molecule has 24 heavy (non-hydrogen) atoms. The first-order valence-electron chi connectivity index (χ1n) is 7.81. The Bertz CT molecular complexity index is 720. The molecule has 1 heterocycles. The number of esters is 1. The lowest BCUT2D eigenvalue weighted by molar-refractivity contribution is -0.142. The summed E-state index contributed by atoms with van der Waals surface area (Å²) in [4.78, 5) is 28.4. The van der Waals surface area contributed by atoms with E-state index in [9.17, 15) is 9.59 Å². The molecular formula is C18H22N2O3S. The van der Waals surface area contributed by atoms with Crippen molar-refractivity contribution in [3.63, 3.8) is 0 Å². The van der Waals surface area contributed by atoms with Crippen molar-refractivity contribution in [3.05, 3.63) is 46.5 Å². The van der Waals surface area contributed by atoms with Gasteiger partial charge in [0.1, 0.15) is 0 Å². The molecular weight excluding hydrogens is 324 g/mol. The molecule has 2 rings (SSSR count). The maximum absolute atomic E-state index is 12.6. The minimum absolute atomic E-state index is 0.113. The Labute approximate surface area is 146 Å². The van der Waals surface area contributed by atoms with Crippen LogP contribution in [0.25, 0.3) is 0 Å². The third kappa shape index (κ3) is 4.41. The minimum Gasteiger partial charge on any atom is -0.466 e. The third-order valence-electron chi connectivity index (χ3n) is 3.74. The molecule has 1 N–H and O–H groups in total. The highest BCUT2D eigenvalue weighted by Gasteiger charge is 2.30. The average Bonchev–Trinajstić information content (AvgIpc) is 2.94. The van der Waals surface area contributed by atoms with Crippen LogP contribution < -0.4 is 5.32 Å². The summed E-state index contributed by atoms with van der Waals surface area (Å²) < 4.78 is 4.90. The summed E-state index contributed by atoms with van der Waals surface area (Å²) in [6.07, 6.45) is 0.113. The molecule has 0 atom stereocenters. The number of hydrogen-bond acceptors (Lipinski definition) is 5. The minimum atomic E-state index is -0.680. The summed E-state index contributed by atoms with van der Waals surface area (Å²) in [6.45, 7) is 7.87. The number of aryl methyl sites for hydroxylation is 1. The summed E-state index contributed by atoms with van der Waals surface area (Å²) >= 11 is 1.30. The van der Waals surface area contributed by atoms with Crippen LogP contribution in [0.4, 0.5) is 5.13 Å². The monoisotopic (exact) mass is 346 g/mol. The molecule has 2 aromatic rings. The van der Waals surface area contributed by atoms with Crippen molar-refractivity contribution >= 4 is 28.3 Å². The Kier molecular flexibility index (Phi) is 5.72. The molecule has 1 amide bonds. The Morgan fingerprint density at radius 3 is 2.54 bits per heavy atom. The number of rotatable bonds is 6. The van der Waals surface area contributed by atoms with Crippen LogP contribution in [0.5, 0.6) is 0 Å². The number of carbonyl (C=O) groups excluding carboxylic acids is 2. The lowest BCUT2D eigenvalue weighted by atomic mass is 9.83. The van der Waals surface area contributed by atoms with E-state index in [-0.39, 0.29) is 18.3 Å². The predicted molar refractivity (Wildman–Crippen MR) is 95.3 cm³/mol. The van der Waals surface area contributed by atoms with Crippen LogP contribution in [0.3, 0.4) is 0 Å². The van der Waals surface area contributed by atoms with E-state index in [0.717, 1.165) is 11.1 Å². The van der Waals surface area contributed by atoms with E-state index in [4.69, 9.17) is 4.74 Å². The number of nitrogens with zero attached hydrogens (tertiary/aromatic N) is 1. The van der Waals surface area contributed by atoms with Crippen molar-refractivity contribution in [2.75, 3.05) is 11.9 Å². The molecule has 0 aliphatic rings. The van der Waals surface area contributed by atoms with Crippen molar-refractivity contribution in [1.29, 1.82) is 0 Å². The van der Waals surface area contributed by atoms with Crippen molar-refractivity contribution in [1.82, 2.24) is 4.98 Å². The lowest BCUT2D eigenvalue weighted by Crippen LogP contribution is -2.34. The van der Waals surface area contributed by atoms with Crippen molar-refractivity contribution in [2.45, 2.75) is 39.5 Å². The number of carbonyl (C=O) groups is 2. The molecule has 128 valence electrons. The number of anilines is 1. The van der Waals surface area contributed by atoms with E-state index in [0.29, 0.717) is 17.4 Å². The zero-order valence-electron chi connectivity index (χ0n) is 14.4. The van der Waals surface area contributed by atoms with Crippen molar-refractivity contribution in [3.8, 4) is 0 Å². The van der Waals surface area contributed by atoms with Gasteiger partial charge in [-0.15, -0.1) is 11.3 Å². The fraction of sp³-hybridized carbons (Fsp3) is 0.389. The van der Waals surface area contributed by atoms with Gasteiger partial charge in [0.2, 0.25) is 5.91 Å². The maximum Gasteiger partial charge on any atom is 0.311 e. The largest absolute Gasteiger partial charge is 0.466 e. The Hall–Kier alpha value is -2.21. The summed E-state index contributed by atoms with van der Waals surface area (Å²) in [6, 6.07) is 7.91. The first-order chi connectivity index (χ1) is 11.3. The standard InChI is InChI=1S/C18H22N2O3S/c1-5-23-15(21)10-14-11-24-17(19-14)20-16(22)18(3,4)13-8-6-12(2)7-9-13/h6-9,11H,5,10H2,1-4H3,(H,19,20,22). The first kappa shape index (κ1) is 18.1. The molecule has 0 aliphatic carbocycles. The predicted octanol–water partition coefficient (Wildman–Crippen LogP) is 3.47. The average molecular weight is 346 g/mol. The van der Waals surface area contributed by atoms with Crippen LogP contribution in [-0.2, 0) is 26.2 Å². The van der Waals surface area contributed by atoms with Crippen LogP contribution in [0, 0.1) is 6.92 Å². The fourth-order valence-electron chi connectivity index (χ4n) is 2.16. The van der Waals surface area contributed by atoms with Crippen LogP contribution in [0.2, 0.25) is 0 Å². The second-order valence-electron chi connectivity index (χ2n) is 6.07. The van der Waals surface area contributed by atoms with Gasteiger partial charge in [-0.3, -0.25) is 9.59 Å². The molecule has 0 aliphatic heterocycles. The van der Waals surface area contributed by atoms with E-state index in [1.54, 1.807) is 12.3 Å². The second-order valence-corrected chi connectivity index (χ2v) is 6.93. The van der Waals surface area contributed by atoms with E-state index in [1.807, 2.05) is 45.0 Å². The van der Waals surface area contributed by atoms with E-state index in [2.05, 4.69) is 10.3 Å². The molecule has 0 saturated carbocycles. The Morgan fingerprint density at radius 1 is 1.25 bits per heavy atom. The van der Waals surface area contributed by atoms with Gasteiger partial charge in [0.15, 0.2) is 5.13 Å². The van der Waals surface area contributed by atoms with Crippen LogP contribution in [-0.4, -0.2) is 23.5 Å². The van der Waals surface area contributed by atoms with E-state index < -0.39 is 5.41 Å². The second kappa shape index (κ2) is 7.57. The van der Waals surface area contributed by atoms with Crippen LogP contribution in [0.15, 0.2) is 29.6 Å². The molecule has 5 nitrogen and oxygen atoms in total. The highest BCUT2D eigenvalue weighted by Crippen LogP contribution is 2.26. The third-order valence-corrected chi connectivity index (χ3v) is 4.55. The van der Waals surface area contributed by atoms with Gasteiger partial charge < -0.3 is 10.1 Å². The molecule has 0 spiro atoms. The first-order valence-corrected chi connectivity index (χ1v) is 8.69. The van der Waals surface area contributed by atoms with Crippen molar-refractivity contribution in [2.24, 2.45) is 0 Å². The topological polar surface area (TPSA) is 68.3 Å². The molecule has 1 aromatic carbocycles. The highest BCUT2D eigenvalue weighted by atomic mass is 32.1. The van der Waals surface area contributed by atoms with Gasteiger partial charge in [-0.2, -0.15) is 0 Å². The number of nitrogens with one attached hydrogen (secondary N) is 1. The van der Waals surface area contributed by atoms with Gasteiger partial charge >= 0.3 is 5.97 Å². The summed E-state index contributed by atoms with van der Waals surface area (Å²) in [5, 5.41) is 5.08. The molecule has 0 unspecified atom stereocenters. The Morgan fingerprint density at radius 2 is 1.92 bits per heavy atom. The molecule has 6 heteroatoms. The quantitative estimate of drug-likeness (QED) is 0.813. The Balaban J connectivity index is 2.05. The molecule has 0 fully saturated rings. The van der Waals surface area contributed by atoms with Crippen molar-refractivity contribution < 1.29 is 14.3 Å². The molecule has 1 aromatic heterocycles. The van der Waals surface area contributed by atoms with Gasteiger partial charge in [-0.1, -0.05) is 29.8 Å². The molecule has 0 bridgehead atoms. The van der Waals surface area contributed by atoms with Gasteiger partial charge in [-0.05, 0) is 33.3 Å². The number of thiazole rings is 1. The number of ether oxygens (including phenoxy) is 1.